The normalized spacial score (nSPS) is 12.1. The molecule has 1 unspecified atom stereocenters. The second kappa shape index (κ2) is 6.72. The van der Waals surface area contributed by atoms with Crippen LogP contribution < -0.4 is 5.32 Å². The van der Waals surface area contributed by atoms with Crippen molar-refractivity contribution in [3.8, 4) is 5.69 Å². The molecule has 1 aromatic carbocycles. The maximum atomic E-state index is 12.3. The Morgan fingerprint density at radius 2 is 2.00 bits per heavy atom. The molecule has 118 valence electrons. The van der Waals surface area contributed by atoms with Gasteiger partial charge < -0.3 is 9.88 Å². The lowest BCUT2D eigenvalue weighted by Crippen LogP contribution is -2.27. The van der Waals surface area contributed by atoms with E-state index in [1.54, 1.807) is 0 Å². The van der Waals surface area contributed by atoms with Gasteiger partial charge in [-0.2, -0.15) is 5.10 Å². The van der Waals surface area contributed by atoms with E-state index in [-0.39, 0.29) is 11.9 Å². The van der Waals surface area contributed by atoms with E-state index in [1.165, 1.54) is 0 Å². The van der Waals surface area contributed by atoms with E-state index in [0.717, 1.165) is 11.3 Å². The predicted octanol–water partition coefficient (Wildman–Crippen LogP) is 4.22. The van der Waals surface area contributed by atoms with Crippen molar-refractivity contribution in [3.63, 3.8) is 0 Å². The highest BCUT2D eigenvalue weighted by atomic mass is 79.9. The molecule has 3 aromatic rings. The van der Waals surface area contributed by atoms with Crippen LogP contribution in [0.15, 0.2) is 57.9 Å². The van der Waals surface area contributed by atoms with Crippen molar-refractivity contribution in [2.45, 2.75) is 13.0 Å². The van der Waals surface area contributed by atoms with Gasteiger partial charge in [0.1, 0.15) is 4.60 Å². The van der Waals surface area contributed by atoms with Gasteiger partial charge in [-0.25, -0.2) is 0 Å². The average molecular weight is 438 g/mol. The molecule has 0 aliphatic carbocycles. The Balaban J connectivity index is 1.78. The molecule has 5 nitrogen and oxygen atoms in total. The molecule has 0 radical (unpaired) electrons. The molecule has 0 fully saturated rings. The summed E-state index contributed by atoms with van der Waals surface area (Å²) in [7, 11) is 0. The number of amides is 1. The Kier molecular flexibility index (Phi) is 4.68. The van der Waals surface area contributed by atoms with Crippen molar-refractivity contribution < 1.29 is 4.79 Å². The molecule has 0 saturated carbocycles. The minimum atomic E-state index is -0.238. The summed E-state index contributed by atoms with van der Waals surface area (Å²) in [6, 6.07) is 11.9. The SMILES string of the molecule is CC(NC(=O)c1n[nH]c(Br)c1Br)c1cccc(-n2cccc2)c1. The van der Waals surface area contributed by atoms with E-state index in [2.05, 4.69) is 53.4 Å². The topological polar surface area (TPSA) is 62.7 Å². The number of hydrogen-bond donors (Lipinski definition) is 2. The van der Waals surface area contributed by atoms with Crippen molar-refractivity contribution >= 4 is 37.8 Å². The fraction of sp³-hybridized carbons (Fsp3) is 0.125. The minimum Gasteiger partial charge on any atom is -0.344 e. The number of aromatic nitrogens is 3. The van der Waals surface area contributed by atoms with Crippen LogP contribution in [0, 0.1) is 0 Å². The zero-order valence-electron chi connectivity index (χ0n) is 12.3. The van der Waals surface area contributed by atoms with Gasteiger partial charge >= 0.3 is 0 Å². The van der Waals surface area contributed by atoms with E-state index in [4.69, 9.17) is 0 Å². The lowest BCUT2D eigenvalue weighted by atomic mass is 10.1. The summed E-state index contributed by atoms with van der Waals surface area (Å²) < 4.78 is 3.28. The van der Waals surface area contributed by atoms with E-state index in [1.807, 2.05) is 54.2 Å². The second-order valence-electron chi connectivity index (χ2n) is 5.08. The highest BCUT2D eigenvalue weighted by Gasteiger charge is 2.19. The highest BCUT2D eigenvalue weighted by molar-refractivity contribution is 9.13. The number of rotatable bonds is 4. The molecule has 1 atom stereocenters. The summed E-state index contributed by atoms with van der Waals surface area (Å²) in [5.74, 6) is -0.238. The zero-order chi connectivity index (χ0) is 16.4. The Morgan fingerprint density at radius 1 is 1.26 bits per heavy atom. The Bertz CT molecular complexity index is 826. The monoisotopic (exact) mass is 436 g/mol. The maximum Gasteiger partial charge on any atom is 0.273 e. The molecule has 23 heavy (non-hydrogen) atoms. The number of nitrogens with zero attached hydrogens (tertiary/aromatic N) is 2. The molecule has 2 N–H and O–H groups in total. The van der Waals surface area contributed by atoms with Crippen LogP contribution >= 0.6 is 31.9 Å². The first kappa shape index (κ1) is 16.0. The van der Waals surface area contributed by atoms with Crippen molar-refractivity contribution in [2.75, 3.05) is 0 Å². The first-order valence-corrected chi connectivity index (χ1v) is 8.58. The number of carbonyl (C=O) groups is 1. The molecule has 0 aliphatic rings. The standard InChI is InChI=1S/C16H14Br2N4O/c1-10(19-16(23)14-13(17)15(18)21-20-14)11-5-4-6-12(9-11)22-7-2-3-8-22/h2-10H,1H3,(H,19,23)(H,20,21). The summed E-state index contributed by atoms with van der Waals surface area (Å²) in [5, 5.41) is 9.66. The van der Waals surface area contributed by atoms with Gasteiger partial charge in [0.15, 0.2) is 5.69 Å². The van der Waals surface area contributed by atoms with Crippen LogP contribution in [0.2, 0.25) is 0 Å². The van der Waals surface area contributed by atoms with E-state index >= 15 is 0 Å². The van der Waals surface area contributed by atoms with Crippen LogP contribution in [0.4, 0.5) is 0 Å². The minimum absolute atomic E-state index is 0.139. The van der Waals surface area contributed by atoms with Gasteiger partial charge in [0, 0.05) is 18.1 Å². The van der Waals surface area contributed by atoms with Gasteiger partial charge in [-0.1, -0.05) is 12.1 Å². The number of carbonyl (C=O) groups excluding carboxylic acids is 1. The molecule has 0 aliphatic heterocycles. The molecule has 3 rings (SSSR count). The largest absolute Gasteiger partial charge is 0.344 e. The van der Waals surface area contributed by atoms with Crippen LogP contribution in [0.1, 0.15) is 29.0 Å². The number of hydrogen-bond acceptors (Lipinski definition) is 2. The van der Waals surface area contributed by atoms with Crippen LogP contribution in [-0.2, 0) is 0 Å². The highest BCUT2D eigenvalue weighted by Crippen LogP contribution is 2.24. The molecule has 2 heterocycles. The van der Waals surface area contributed by atoms with Crippen molar-refractivity contribution in [1.82, 2.24) is 20.1 Å². The third kappa shape index (κ3) is 3.40. The first-order valence-electron chi connectivity index (χ1n) is 7.00. The van der Waals surface area contributed by atoms with Gasteiger partial charge in [-0.15, -0.1) is 0 Å². The number of H-pyrrole nitrogens is 1. The second-order valence-corrected chi connectivity index (χ2v) is 6.67. The lowest BCUT2D eigenvalue weighted by molar-refractivity contribution is 0.0934. The number of nitrogens with one attached hydrogen (secondary N) is 2. The van der Waals surface area contributed by atoms with Crippen LogP contribution in [0.3, 0.4) is 0 Å². The molecular formula is C16H14Br2N4O. The van der Waals surface area contributed by atoms with E-state index in [9.17, 15) is 4.79 Å². The number of aromatic amines is 1. The van der Waals surface area contributed by atoms with Gasteiger partial charge in [0.05, 0.1) is 10.5 Å². The summed E-state index contributed by atoms with van der Waals surface area (Å²) >= 11 is 6.61. The number of benzene rings is 1. The van der Waals surface area contributed by atoms with E-state index in [0.29, 0.717) is 14.8 Å². The molecular weight excluding hydrogens is 424 g/mol. The predicted molar refractivity (Wildman–Crippen MR) is 95.6 cm³/mol. The Hall–Kier alpha value is -1.86. The average Bonchev–Trinajstić information content (AvgIpc) is 3.19. The molecule has 2 aromatic heterocycles. The molecule has 0 bridgehead atoms. The van der Waals surface area contributed by atoms with Gasteiger partial charge in [-0.3, -0.25) is 9.89 Å². The van der Waals surface area contributed by atoms with Crippen LogP contribution in [0.5, 0.6) is 0 Å². The molecule has 0 saturated heterocycles. The zero-order valence-corrected chi connectivity index (χ0v) is 15.4. The number of halogens is 2. The fourth-order valence-corrected chi connectivity index (χ4v) is 2.90. The summed E-state index contributed by atoms with van der Waals surface area (Å²) in [4.78, 5) is 12.3. The van der Waals surface area contributed by atoms with Crippen molar-refractivity contribution in [3.05, 3.63) is 69.1 Å². The summed E-state index contributed by atoms with van der Waals surface area (Å²) in [6.07, 6.45) is 3.97. The van der Waals surface area contributed by atoms with Crippen LogP contribution in [0.25, 0.3) is 5.69 Å². The summed E-state index contributed by atoms with van der Waals surface area (Å²) in [6.45, 7) is 1.95. The third-order valence-electron chi connectivity index (χ3n) is 3.50. The van der Waals surface area contributed by atoms with E-state index < -0.39 is 0 Å². The molecule has 7 heteroatoms. The van der Waals surface area contributed by atoms with Gasteiger partial charge in [0.25, 0.3) is 5.91 Å². The van der Waals surface area contributed by atoms with Crippen molar-refractivity contribution in [1.29, 1.82) is 0 Å². The third-order valence-corrected chi connectivity index (χ3v) is 5.38. The van der Waals surface area contributed by atoms with Gasteiger partial charge in [0.2, 0.25) is 0 Å². The maximum absolute atomic E-state index is 12.3. The Morgan fingerprint density at radius 3 is 2.65 bits per heavy atom. The summed E-state index contributed by atoms with van der Waals surface area (Å²) in [5.41, 5.74) is 2.40. The van der Waals surface area contributed by atoms with Crippen LogP contribution in [-0.4, -0.2) is 20.7 Å². The van der Waals surface area contributed by atoms with Gasteiger partial charge in [-0.05, 0) is 68.6 Å². The van der Waals surface area contributed by atoms with Crippen molar-refractivity contribution in [2.24, 2.45) is 0 Å². The lowest BCUT2D eigenvalue weighted by Gasteiger charge is -2.15. The Labute approximate surface area is 150 Å². The first-order chi connectivity index (χ1) is 11.1. The fourth-order valence-electron chi connectivity index (χ4n) is 2.27. The quantitative estimate of drug-likeness (QED) is 0.641. The molecule has 1 amide bonds. The molecule has 0 spiro atoms. The smallest absolute Gasteiger partial charge is 0.273 e.